The van der Waals surface area contributed by atoms with Crippen molar-refractivity contribution in [2.75, 3.05) is 4.90 Å². The SMILES string of the molecule is BrC1CC2CCC(C1)N2c1ccn2nccc2n1. The molecule has 2 aromatic rings. The Labute approximate surface area is 114 Å². The van der Waals surface area contributed by atoms with Gasteiger partial charge in [-0.25, -0.2) is 9.50 Å². The van der Waals surface area contributed by atoms with E-state index in [4.69, 9.17) is 4.98 Å². The van der Waals surface area contributed by atoms with E-state index < -0.39 is 0 Å². The minimum atomic E-state index is 0.658. The fraction of sp³-hybridized carbons (Fsp3) is 0.538. The molecule has 94 valence electrons. The summed E-state index contributed by atoms with van der Waals surface area (Å²) in [5.41, 5.74) is 0.938. The lowest BCUT2D eigenvalue weighted by atomic mass is 10.0. The molecule has 0 amide bonds. The summed E-state index contributed by atoms with van der Waals surface area (Å²) in [5.74, 6) is 1.12. The summed E-state index contributed by atoms with van der Waals surface area (Å²) in [6.07, 6.45) is 8.89. The van der Waals surface area contributed by atoms with Gasteiger partial charge in [-0.1, -0.05) is 15.9 Å². The molecule has 2 atom stereocenters. The van der Waals surface area contributed by atoms with E-state index in [1.807, 2.05) is 16.8 Å². The molecule has 4 rings (SSSR count). The maximum atomic E-state index is 4.74. The Morgan fingerprint density at radius 3 is 2.72 bits per heavy atom. The molecular formula is C13H15BrN4. The van der Waals surface area contributed by atoms with Crippen LogP contribution in [0.25, 0.3) is 5.65 Å². The molecule has 0 radical (unpaired) electrons. The first-order valence-corrected chi connectivity index (χ1v) is 7.45. The van der Waals surface area contributed by atoms with Crippen molar-refractivity contribution in [2.24, 2.45) is 0 Å². The lowest BCUT2D eigenvalue weighted by Crippen LogP contribution is -2.43. The second-order valence-corrected chi connectivity index (χ2v) is 6.58. The van der Waals surface area contributed by atoms with Gasteiger partial charge in [-0.15, -0.1) is 0 Å². The van der Waals surface area contributed by atoms with Gasteiger partial charge in [0, 0.05) is 29.2 Å². The Morgan fingerprint density at radius 1 is 1.17 bits per heavy atom. The Hall–Kier alpha value is -1.10. The van der Waals surface area contributed by atoms with Gasteiger partial charge in [-0.3, -0.25) is 0 Å². The van der Waals surface area contributed by atoms with Gasteiger partial charge in [-0.2, -0.15) is 5.10 Å². The van der Waals surface area contributed by atoms with Gasteiger partial charge in [0.15, 0.2) is 5.65 Å². The van der Waals surface area contributed by atoms with Crippen molar-refractivity contribution in [3.05, 3.63) is 24.5 Å². The largest absolute Gasteiger partial charge is 0.350 e. The molecule has 2 aliphatic heterocycles. The van der Waals surface area contributed by atoms with E-state index >= 15 is 0 Å². The zero-order valence-electron chi connectivity index (χ0n) is 10.0. The standard InChI is InChI=1S/C13H15BrN4/c14-9-7-10-1-2-11(8-9)18(10)13-4-6-17-12(16-13)3-5-15-17/h3-6,9-11H,1-2,7-8H2. The third-order valence-corrected chi connectivity index (χ3v) is 4.93. The summed E-state index contributed by atoms with van der Waals surface area (Å²) < 4.78 is 1.82. The van der Waals surface area contributed by atoms with E-state index in [1.54, 1.807) is 6.20 Å². The molecule has 18 heavy (non-hydrogen) atoms. The molecule has 4 heterocycles. The molecule has 0 spiro atoms. The van der Waals surface area contributed by atoms with Gasteiger partial charge in [0.2, 0.25) is 0 Å². The van der Waals surface area contributed by atoms with E-state index in [2.05, 4.69) is 32.0 Å². The monoisotopic (exact) mass is 306 g/mol. The quantitative estimate of drug-likeness (QED) is 0.759. The predicted molar refractivity (Wildman–Crippen MR) is 74.2 cm³/mol. The molecule has 2 bridgehead atoms. The third-order valence-electron chi connectivity index (χ3n) is 4.18. The summed E-state index contributed by atoms with van der Waals surface area (Å²) in [6, 6.07) is 5.37. The number of nitrogens with zero attached hydrogens (tertiary/aromatic N) is 4. The van der Waals surface area contributed by atoms with Crippen LogP contribution in [0.2, 0.25) is 0 Å². The van der Waals surface area contributed by atoms with Crippen LogP contribution in [0.5, 0.6) is 0 Å². The average Bonchev–Trinajstić information content (AvgIpc) is 2.91. The number of aromatic nitrogens is 3. The number of anilines is 1. The molecule has 5 heteroatoms. The van der Waals surface area contributed by atoms with Crippen LogP contribution >= 0.6 is 15.9 Å². The molecule has 2 fully saturated rings. The lowest BCUT2D eigenvalue weighted by molar-refractivity contribution is 0.479. The number of hydrogen-bond acceptors (Lipinski definition) is 3. The van der Waals surface area contributed by atoms with Crippen LogP contribution in [0.15, 0.2) is 24.5 Å². The van der Waals surface area contributed by atoms with E-state index in [-0.39, 0.29) is 0 Å². The Balaban J connectivity index is 1.74. The highest BCUT2D eigenvalue weighted by Crippen LogP contribution is 2.40. The van der Waals surface area contributed by atoms with Gasteiger partial charge < -0.3 is 4.90 Å². The topological polar surface area (TPSA) is 33.4 Å². The van der Waals surface area contributed by atoms with Crippen LogP contribution in [-0.2, 0) is 0 Å². The molecule has 0 aromatic carbocycles. The average molecular weight is 307 g/mol. The molecule has 4 nitrogen and oxygen atoms in total. The van der Waals surface area contributed by atoms with Crippen molar-refractivity contribution in [3.63, 3.8) is 0 Å². The maximum Gasteiger partial charge on any atom is 0.157 e. The third kappa shape index (κ3) is 1.56. The van der Waals surface area contributed by atoms with Crippen molar-refractivity contribution < 1.29 is 0 Å². The first kappa shape index (κ1) is 10.8. The van der Waals surface area contributed by atoms with Crippen LogP contribution in [0, 0.1) is 0 Å². The molecule has 0 saturated carbocycles. The second-order valence-electron chi connectivity index (χ2n) is 5.28. The van der Waals surface area contributed by atoms with Crippen LogP contribution in [0.3, 0.4) is 0 Å². The van der Waals surface area contributed by atoms with Crippen LogP contribution in [-0.4, -0.2) is 31.5 Å². The summed E-state index contributed by atoms with van der Waals surface area (Å²) in [4.78, 5) is 7.95. The summed E-state index contributed by atoms with van der Waals surface area (Å²) in [7, 11) is 0. The Kier molecular flexibility index (Phi) is 2.37. The predicted octanol–water partition coefficient (Wildman–Crippen LogP) is 2.62. The van der Waals surface area contributed by atoms with Crippen molar-refractivity contribution in [3.8, 4) is 0 Å². The molecule has 2 saturated heterocycles. The fourth-order valence-electron chi connectivity index (χ4n) is 3.43. The summed E-state index contributed by atoms with van der Waals surface area (Å²) in [5, 5.41) is 4.20. The fourth-order valence-corrected chi connectivity index (χ4v) is 4.29. The number of halogens is 1. The highest BCUT2D eigenvalue weighted by atomic mass is 79.9. The number of hydrogen-bond donors (Lipinski definition) is 0. The Bertz CT molecular complexity index is 567. The first-order valence-electron chi connectivity index (χ1n) is 6.54. The van der Waals surface area contributed by atoms with Crippen LogP contribution in [0.1, 0.15) is 25.7 Å². The molecule has 2 aliphatic rings. The van der Waals surface area contributed by atoms with E-state index in [0.29, 0.717) is 16.9 Å². The van der Waals surface area contributed by atoms with Crippen molar-refractivity contribution in [1.29, 1.82) is 0 Å². The van der Waals surface area contributed by atoms with Crippen molar-refractivity contribution in [1.82, 2.24) is 14.6 Å². The maximum absolute atomic E-state index is 4.74. The van der Waals surface area contributed by atoms with Gasteiger partial charge >= 0.3 is 0 Å². The molecule has 0 N–H and O–H groups in total. The Morgan fingerprint density at radius 2 is 1.94 bits per heavy atom. The first-order chi connectivity index (χ1) is 8.81. The van der Waals surface area contributed by atoms with Crippen molar-refractivity contribution >= 4 is 27.4 Å². The van der Waals surface area contributed by atoms with Crippen LogP contribution < -0.4 is 4.90 Å². The van der Waals surface area contributed by atoms with E-state index in [1.165, 1.54) is 25.7 Å². The smallest absolute Gasteiger partial charge is 0.157 e. The minimum Gasteiger partial charge on any atom is -0.350 e. The van der Waals surface area contributed by atoms with Crippen molar-refractivity contribution in [2.45, 2.75) is 42.6 Å². The molecule has 2 aromatic heterocycles. The van der Waals surface area contributed by atoms with Gasteiger partial charge in [-0.05, 0) is 31.7 Å². The van der Waals surface area contributed by atoms with Crippen LogP contribution in [0.4, 0.5) is 5.82 Å². The number of alkyl halides is 1. The summed E-state index contributed by atoms with van der Waals surface area (Å²) in [6.45, 7) is 0. The number of fused-ring (bicyclic) bond motifs is 3. The highest BCUT2D eigenvalue weighted by molar-refractivity contribution is 9.09. The zero-order valence-corrected chi connectivity index (χ0v) is 11.6. The molecule has 0 aliphatic carbocycles. The molecular weight excluding hydrogens is 292 g/mol. The van der Waals surface area contributed by atoms with E-state index in [0.717, 1.165) is 11.5 Å². The number of rotatable bonds is 1. The van der Waals surface area contributed by atoms with Gasteiger partial charge in [0.1, 0.15) is 5.82 Å². The van der Waals surface area contributed by atoms with Gasteiger partial charge in [0.05, 0.1) is 6.20 Å². The highest BCUT2D eigenvalue weighted by Gasteiger charge is 2.40. The summed E-state index contributed by atoms with van der Waals surface area (Å²) >= 11 is 3.78. The second kappa shape index (κ2) is 3.95. The minimum absolute atomic E-state index is 0.658. The molecule has 2 unspecified atom stereocenters. The normalized spacial score (nSPS) is 31.2. The van der Waals surface area contributed by atoms with E-state index in [9.17, 15) is 0 Å². The zero-order chi connectivity index (χ0) is 12.1. The van der Waals surface area contributed by atoms with Gasteiger partial charge in [0.25, 0.3) is 0 Å². The lowest BCUT2D eigenvalue weighted by Gasteiger charge is -2.38. The number of piperidine rings is 1.